The van der Waals surface area contributed by atoms with Crippen molar-refractivity contribution in [1.29, 1.82) is 0 Å². The van der Waals surface area contributed by atoms with Crippen molar-refractivity contribution in [3.8, 4) is 11.3 Å². The van der Waals surface area contributed by atoms with Gasteiger partial charge in [-0.2, -0.15) is 0 Å². The Morgan fingerprint density at radius 1 is 1.30 bits per heavy atom. The van der Waals surface area contributed by atoms with Crippen molar-refractivity contribution in [3.63, 3.8) is 0 Å². The van der Waals surface area contributed by atoms with Gasteiger partial charge in [0.05, 0.1) is 28.6 Å². The number of thiophene rings is 1. The van der Waals surface area contributed by atoms with Gasteiger partial charge in [-0.25, -0.2) is 4.39 Å². The Balaban J connectivity index is 1.79. The molecule has 30 heavy (non-hydrogen) atoms. The first-order chi connectivity index (χ1) is 14.3. The van der Waals surface area contributed by atoms with Crippen LogP contribution < -0.4 is 5.73 Å². The molecule has 156 valence electrons. The van der Waals surface area contributed by atoms with Crippen LogP contribution in [0.2, 0.25) is 0 Å². The zero-order valence-corrected chi connectivity index (χ0v) is 17.8. The highest BCUT2D eigenvalue weighted by molar-refractivity contribution is 7.19. The first-order valence-electron chi connectivity index (χ1n) is 9.50. The molecule has 4 N–H and O–H groups in total. The molecule has 3 aromatic heterocycles. The van der Waals surface area contributed by atoms with Crippen LogP contribution in [0.1, 0.15) is 36.2 Å². The van der Waals surface area contributed by atoms with Crippen LogP contribution in [-0.2, 0) is 5.60 Å². The second kappa shape index (κ2) is 8.17. The predicted molar refractivity (Wildman–Crippen MR) is 118 cm³/mol. The fourth-order valence-corrected chi connectivity index (χ4v) is 4.94. The molecule has 3 aromatic rings. The van der Waals surface area contributed by atoms with E-state index in [9.17, 15) is 14.6 Å². The van der Waals surface area contributed by atoms with Gasteiger partial charge < -0.3 is 15.9 Å². The second-order valence-electron chi connectivity index (χ2n) is 7.47. The van der Waals surface area contributed by atoms with Gasteiger partial charge in [-0.3, -0.25) is 9.97 Å². The molecule has 2 unspecified atom stereocenters. The normalized spacial score (nSPS) is 17.7. The number of fused-ring (bicyclic) bond motifs is 1. The summed E-state index contributed by atoms with van der Waals surface area (Å²) < 4.78 is 15.3. The molecular formula is C22H21ClFN3O2S. The molecule has 5 nitrogen and oxygen atoms in total. The number of aliphatic hydroxyl groups excluding tert-OH is 1. The molecule has 0 aromatic carbocycles. The number of nitrogens with two attached hydrogens (primary N) is 1. The zero-order chi connectivity index (χ0) is 21.5. The summed E-state index contributed by atoms with van der Waals surface area (Å²) in [6.07, 6.45) is 5.92. The fraction of sp³-hybridized carbons (Fsp3) is 0.273. The maximum absolute atomic E-state index is 14.4. The van der Waals surface area contributed by atoms with E-state index in [0.29, 0.717) is 34.7 Å². The molecule has 4 rings (SSSR count). The lowest BCUT2D eigenvalue weighted by molar-refractivity contribution is -0.00230. The van der Waals surface area contributed by atoms with Crippen LogP contribution in [0.15, 0.2) is 59.2 Å². The van der Waals surface area contributed by atoms with E-state index in [0.717, 1.165) is 20.7 Å². The summed E-state index contributed by atoms with van der Waals surface area (Å²) in [5.74, 6) is -0.370. The van der Waals surface area contributed by atoms with Gasteiger partial charge in [0.2, 0.25) is 0 Å². The van der Waals surface area contributed by atoms with Gasteiger partial charge in [-0.1, -0.05) is 11.6 Å². The summed E-state index contributed by atoms with van der Waals surface area (Å²) in [4.78, 5) is 9.60. The average Bonchev–Trinajstić information content (AvgIpc) is 3.18. The van der Waals surface area contributed by atoms with Gasteiger partial charge in [0.15, 0.2) is 0 Å². The topological polar surface area (TPSA) is 92.3 Å². The van der Waals surface area contributed by atoms with Gasteiger partial charge in [0, 0.05) is 33.4 Å². The van der Waals surface area contributed by atoms with Crippen LogP contribution in [0.3, 0.4) is 0 Å². The molecule has 2 atom stereocenters. The minimum absolute atomic E-state index is 0.329. The number of allylic oxidation sites excluding steroid dienone is 2. The molecular weight excluding hydrogens is 425 g/mol. The Hall–Kier alpha value is -2.16. The van der Waals surface area contributed by atoms with Crippen molar-refractivity contribution in [3.05, 3.63) is 69.6 Å². The minimum Gasteiger partial charge on any atom is -0.393 e. The van der Waals surface area contributed by atoms with Crippen molar-refractivity contribution in [2.24, 2.45) is 5.73 Å². The van der Waals surface area contributed by atoms with E-state index in [1.165, 1.54) is 17.4 Å². The molecule has 0 amide bonds. The summed E-state index contributed by atoms with van der Waals surface area (Å²) in [6, 6.07) is 6.41. The summed E-state index contributed by atoms with van der Waals surface area (Å²) >= 11 is 7.69. The number of hydrogen-bond donors (Lipinski definition) is 3. The average molecular weight is 446 g/mol. The largest absolute Gasteiger partial charge is 0.393 e. The summed E-state index contributed by atoms with van der Waals surface area (Å²) in [5.41, 5.74) is 8.07. The van der Waals surface area contributed by atoms with Gasteiger partial charge in [-0.15, -0.1) is 11.3 Å². The Morgan fingerprint density at radius 2 is 2.07 bits per heavy atom. The number of nitrogens with zero attached hydrogens (tertiary/aromatic N) is 2. The lowest BCUT2D eigenvalue weighted by Crippen LogP contribution is -2.25. The van der Waals surface area contributed by atoms with E-state index < -0.39 is 18.2 Å². The standard InChI is InChI=1S/C22H21ClFN3O2S/c1-22(29,11-28)12-5-7-26-16(9-12)13-6-8-27-17-10-18(30-21(13)17)20(25)19-14(23)3-2-4-15(19)24/h4-10,20,28-29H,2-3,11,25H2,1H3. The van der Waals surface area contributed by atoms with Crippen LogP contribution in [0.5, 0.6) is 0 Å². The predicted octanol–water partition coefficient (Wildman–Crippen LogP) is 4.70. The zero-order valence-electron chi connectivity index (χ0n) is 16.3. The van der Waals surface area contributed by atoms with Crippen molar-refractivity contribution in [2.45, 2.75) is 31.4 Å². The number of aromatic nitrogens is 2. The number of pyridine rings is 2. The van der Waals surface area contributed by atoms with Gasteiger partial charge in [-0.05, 0) is 55.7 Å². The maximum Gasteiger partial charge on any atom is 0.125 e. The Kier molecular flexibility index (Phi) is 5.74. The van der Waals surface area contributed by atoms with Crippen LogP contribution in [-0.4, -0.2) is 26.8 Å². The van der Waals surface area contributed by atoms with Crippen molar-refractivity contribution < 1.29 is 14.6 Å². The Labute approximate surface area is 182 Å². The molecule has 3 heterocycles. The van der Waals surface area contributed by atoms with Crippen LogP contribution in [0.25, 0.3) is 21.5 Å². The highest BCUT2D eigenvalue weighted by atomic mass is 35.5. The molecule has 0 bridgehead atoms. The first kappa shape index (κ1) is 21.1. The van der Waals surface area contributed by atoms with E-state index in [1.54, 1.807) is 31.5 Å². The van der Waals surface area contributed by atoms with Gasteiger partial charge >= 0.3 is 0 Å². The second-order valence-corrected chi connectivity index (χ2v) is 9.01. The van der Waals surface area contributed by atoms with E-state index in [2.05, 4.69) is 9.97 Å². The van der Waals surface area contributed by atoms with Crippen LogP contribution >= 0.6 is 22.9 Å². The highest BCUT2D eigenvalue weighted by Crippen LogP contribution is 2.41. The highest BCUT2D eigenvalue weighted by Gasteiger charge is 2.26. The molecule has 0 saturated heterocycles. The smallest absolute Gasteiger partial charge is 0.125 e. The van der Waals surface area contributed by atoms with E-state index in [-0.39, 0.29) is 5.83 Å². The Bertz CT molecular complexity index is 1170. The molecule has 0 saturated carbocycles. The van der Waals surface area contributed by atoms with Crippen LogP contribution in [0.4, 0.5) is 4.39 Å². The van der Waals surface area contributed by atoms with Crippen molar-refractivity contribution in [1.82, 2.24) is 9.97 Å². The maximum atomic E-state index is 14.4. The summed E-state index contributed by atoms with van der Waals surface area (Å²) in [5, 5.41) is 20.3. The monoisotopic (exact) mass is 445 g/mol. The number of aliphatic hydroxyl groups is 2. The molecule has 0 aliphatic heterocycles. The molecule has 1 aliphatic carbocycles. The molecule has 1 aliphatic rings. The third-order valence-electron chi connectivity index (χ3n) is 5.25. The van der Waals surface area contributed by atoms with Crippen LogP contribution in [0, 0.1) is 0 Å². The van der Waals surface area contributed by atoms with E-state index in [4.69, 9.17) is 17.3 Å². The third kappa shape index (κ3) is 3.79. The molecule has 0 spiro atoms. The van der Waals surface area contributed by atoms with E-state index in [1.807, 2.05) is 12.1 Å². The molecule has 0 fully saturated rings. The number of rotatable bonds is 5. The number of halogens is 2. The quantitative estimate of drug-likeness (QED) is 0.529. The van der Waals surface area contributed by atoms with Crippen molar-refractivity contribution in [2.75, 3.05) is 6.61 Å². The SMILES string of the molecule is CC(O)(CO)c1ccnc(-c2ccnc3cc(C(N)C4=C(Cl)CCC=C4F)sc23)c1. The molecule has 0 radical (unpaired) electrons. The molecule has 8 heteroatoms. The summed E-state index contributed by atoms with van der Waals surface area (Å²) in [6.45, 7) is 1.13. The van der Waals surface area contributed by atoms with E-state index >= 15 is 0 Å². The lowest BCUT2D eigenvalue weighted by Gasteiger charge is -2.21. The summed E-state index contributed by atoms with van der Waals surface area (Å²) in [7, 11) is 0. The lowest BCUT2D eigenvalue weighted by atomic mass is 9.96. The first-order valence-corrected chi connectivity index (χ1v) is 10.7. The van der Waals surface area contributed by atoms with Crippen molar-refractivity contribution >= 4 is 33.2 Å². The van der Waals surface area contributed by atoms with Gasteiger partial charge in [0.25, 0.3) is 0 Å². The number of hydrogen-bond acceptors (Lipinski definition) is 6. The Morgan fingerprint density at radius 3 is 2.80 bits per heavy atom. The minimum atomic E-state index is -1.37. The fourth-order valence-electron chi connectivity index (χ4n) is 3.47. The third-order valence-corrected chi connectivity index (χ3v) is 6.88. The van der Waals surface area contributed by atoms with Gasteiger partial charge in [0.1, 0.15) is 11.4 Å².